The van der Waals surface area contributed by atoms with Gasteiger partial charge in [-0.1, -0.05) is 19.1 Å². The molecule has 0 bridgehead atoms. The van der Waals surface area contributed by atoms with E-state index < -0.39 is 0 Å². The number of carbonyl (C=O) groups excluding carboxylic acids is 1. The zero-order chi connectivity index (χ0) is 13.1. The van der Waals surface area contributed by atoms with Crippen LogP contribution in [0.5, 0.6) is 0 Å². The number of amidine groups is 1. The van der Waals surface area contributed by atoms with Crippen molar-refractivity contribution in [3.63, 3.8) is 0 Å². The van der Waals surface area contributed by atoms with Crippen molar-refractivity contribution >= 4 is 23.5 Å². The predicted octanol–water partition coefficient (Wildman–Crippen LogP) is 2.03. The van der Waals surface area contributed by atoms with Gasteiger partial charge in [-0.05, 0) is 23.8 Å². The zero-order valence-corrected chi connectivity index (χ0v) is 10.9. The number of benzene rings is 1. The highest BCUT2D eigenvalue weighted by molar-refractivity contribution is 6.14. The molecule has 18 heavy (non-hydrogen) atoms. The first-order chi connectivity index (χ1) is 8.60. The summed E-state index contributed by atoms with van der Waals surface area (Å²) in [4.78, 5) is 17.9. The summed E-state index contributed by atoms with van der Waals surface area (Å²) in [6, 6.07) is 8.00. The number of aliphatic imine (C=N–C) groups is 1. The summed E-state index contributed by atoms with van der Waals surface area (Å²) in [6.45, 7) is 1.97. The molecule has 1 N–H and O–H groups in total. The maximum absolute atomic E-state index is 11.6. The number of hydrogen-bond donors (Lipinski definition) is 1. The van der Waals surface area contributed by atoms with Gasteiger partial charge in [0.1, 0.15) is 11.5 Å². The fourth-order valence-electron chi connectivity index (χ4n) is 1.71. The third-order valence-corrected chi connectivity index (χ3v) is 2.79. The average Bonchev–Trinajstić information content (AvgIpc) is 2.71. The summed E-state index contributed by atoms with van der Waals surface area (Å²) >= 11 is 0. The fourth-order valence-corrected chi connectivity index (χ4v) is 1.71. The molecule has 94 valence electrons. The highest BCUT2D eigenvalue weighted by atomic mass is 16.2. The normalized spacial score (nSPS) is 16.7. The molecule has 4 nitrogen and oxygen atoms in total. The van der Waals surface area contributed by atoms with Gasteiger partial charge >= 0.3 is 0 Å². The van der Waals surface area contributed by atoms with Gasteiger partial charge in [0.2, 0.25) is 0 Å². The maximum Gasteiger partial charge on any atom is 0.275 e. The van der Waals surface area contributed by atoms with Crippen LogP contribution < -0.4 is 10.2 Å². The number of hydrogen-bond acceptors (Lipinski definition) is 3. The Kier molecular flexibility index (Phi) is 3.46. The number of amides is 1. The molecule has 2 rings (SSSR count). The van der Waals surface area contributed by atoms with E-state index >= 15 is 0 Å². The van der Waals surface area contributed by atoms with Crippen LogP contribution in [0.15, 0.2) is 35.0 Å². The van der Waals surface area contributed by atoms with Gasteiger partial charge in [0.05, 0.1) is 0 Å². The van der Waals surface area contributed by atoms with Gasteiger partial charge in [-0.2, -0.15) is 0 Å². The van der Waals surface area contributed by atoms with Gasteiger partial charge in [-0.15, -0.1) is 0 Å². The molecule has 1 aromatic carbocycles. The lowest BCUT2D eigenvalue weighted by Crippen LogP contribution is -2.22. The second kappa shape index (κ2) is 5.04. The topological polar surface area (TPSA) is 44.7 Å². The van der Waals surface area contributed by atoms with Crippen molar-refractivity contribution in [2.24, 2.45) is 4.99 Å². The lowest BCUT2D eigenvalue weighted by atomic mass is 10.1. The minimum atomic E-state index is -0.122. The number of carbonyl (C=O) groups is 1. The van der Waals surface area contributed by atoms with Gasteiger partial charge in [0, 0.05) is 26.2 Å². The molecule has 1 aromatic rings. The summed E-state index contributed by atoms with van der Waals surface area (Å²) in [6.07, 6.45) is 2.54. The van der Waals surface area contributed by atoms with E-state index in [0.29, 0.717) is 5.70 Å². The third kappa shape index (κ3) is 2.59. The van der Waals surface area contributed by atoms with E-state index in [4.69, 9.17) is 0 Å². The molecule has 0 aromatic heterocycles. The van der Waals surface area contributed by atoms with Gasteiger partial charge < -0.3 is 10.2 Å². The summed E-state index contributed by atoms with van der Waals surface area (Å²) in [7, 11) is 3.99. The molecule has 1 amide bonds. The van der Waals surface area contributed by atoms with Crippen molar-refractivity contribution < 1.29 is 4.79 Å². The Labute approximate surface area is 107 Å². The van der Waals surface area contributed by atoms with Crippen LogP contribution >= 0.6 is 0 Å². The first-order valence-corrected chi connectivity index (χ1v) is 5.98. The van der Waals surface area contributed by atoms with E-state index in [2.05, 4.69) is 10.3 Å². The predicted molar refractivity (Wildman–Crippen MR) is 74.6 cm³/mol. The SMILES string of the molecule is CCC1=N/C(=C/c2ccc(N(C)C)cc2)C(=O)N1. The molecule has 1 aliphatic rings. The Balaban J connectivity index is 2.23. The van der Waals surface area contributed by atoms with Crippen molar-refractivity contribution in [2.45, 2.75) is 13.3 Å². The number of nitrogens with one attached hydrogen (secondary N) is 1. The molecule has 0 radical (unpaired) electrons. The van der Waals surface area contributed by atoms with E-state index in [1.807, 2.05) is 50.2 Å². The largest absolute Gasteiger partial charge is 0.378 e. The van der Waals surface area contributed by atoms with Crippen molar-refractivity contribution in [1.29, 1.82) is 0 Å². The smallest absolute Gasteiger partial charge is 0.275 e. The van der Waals surface area contributed by atoms with Crippen molar-refractivity contribution in [1.82, 2.24) is 5.32 Å². The fraction of sp³-hybridized carbons (Fsp3) is 0.286. The molecule has 0 saturated carbocycles. The summed E-state index contributed by atoms with van der Waals surface area (Å²) < 4.78 is 0. The van der Waals surface area contributed by atoms with Gasteiger partial charge in [0.25, 0.3) is 5.91 Å². The van der Waals surface area contributed by atoms with Crippen molar-refractivity contribution in [3.05, 3.63) is 35.5 Å². The van der Waals surface area contributed by atoms with Crippen LogP contribution in [0.2, 0.25) is 0 Å². The monoisotopic (exact) mass is 243 g/mol. The third-order valence-electron chi connectivity index (χ3n) is 2.79. The molecule has 4 heteroatoms. The molecule has 1 heterocycles. The Bertz CT molecular complexity index is 512. The number of rotatable bonds is 3. The maximum atomic E-state index is 11.6. The van der Waals surface area contributed by atoms with Crippen molar-refractivity contribution in [2.75, 3.05) is 19.0 Å². The van der Waals surface area contributed by atoms with Crippen LogP contribution in [0, 0.1) is 0 Å². The molecule has 0 fully saturated rings. The molecule has 0 saturated heterocycles. The van der Waals surface area contributed by atoms with E-state index in [9.17, 15) is 4.79 Å². The minimum absolute atomic E-state index is 0.122. The van der Waals surface area contributed by atoms with Crippen LogP contribution in [0.4, 0.5) is 5.69 Å². The van der Waals surface area contributed by atoms with Gasteiger partial charge in [-0.3, -0.25) is 4.79 Å². The van der Waals surface area contributed by atoms with Crippen LogP contribution in [-0.2, 0) is 4.79 Å². The highest BCUT2D eigenvalue weighted by Crippen LogP contribution is 2.16. The second-order valence-corrected chi connectivity index (χ2v) is 4.38. The molecule has 0 unspecified atom stereocenters. The zero-order valence-electron chi connectivity index (χ0n) is 10.9. The number of nitrogens with zero attached hydrogens (tertiary/aromatic N) is 2. The Morgan fingerprint density at radius 3 is 2.44 bits per heavy atom. The van der Waals surface area contributed by atoms with Crippen LogP contribution in [0.3, 0.4) is 0 Å². The first kappa shape index (κ1) is 12.4. The lowest BCUT2D eigenvalue weighted by molar-refractivity contribution is -0.115. The average molecular weight is 243 g/mol. The molecule has 1 aliphatic heterocycles. The van der Waals surface area contributed by atoms with Crippen LogP contribution in [-0.4, -0.2) is 25.8 Å². The minimum Gasteiger partial charge on any atom is -0.378 e. The van der Waals surface area contributed by atoms with Crippen LogP contribution in [0.25, 0.3) is 6.08 Å². The second-order valence-electron chi connectivity index (χ2n) is 4.38. The number of anilines is 1. The van der Waals surface area contributed by atoms with E-state index in [-0.39, 0.29) is 5.91 Å². The molecule has 0 atom stereocenters. The standard InChI is InChI=1S/C14H17N3O/c1-4-13-15-12(14(18)16-13)9-10-5-7-11(8-6-10)17(2)3/h5-9H,4H2,1-3H3,(H,15,16,18)/b12-9+. The Hall–Kier alpha value is -2.10. The van der Waals surface area contributed by atoms with E-state index in [1.165, 1.54) is 0 Å². The van der Waals surface area contributed by atoms with E-state index in [1.54, 1.807) is 6.08 Å². The molecular weight excluding hydrogens is 226 g/mol. The van der Waals surface area contributed by atoms with Gasteiger partial charge in [0.15, 0.2) is 0 Å². The Morgan fingerprint density at radius 1 is 1.28 bits per heavy atom. The molecular formula is C14H17N3O. The van der Waals surface area contributed by atoms with Gasteiger partial charge in [-0.25, -0.2) is 4.99 Å². The summed E-state index contributed by atoms with van der Waals surface area (Å²) in [5, 5.41) is 2.74. The quantitative estimate of drug-likeness (QED) is 0.826. The summed E-state index contributed by atoms with van der Waals surface area (Å²) in [5.74, 6) is 0.611. The molecule has 0 aliphatic carbocycles. The van der Waals surface area contributed by atoms with Crippen LogP contribution in [0.1, 0.15) is 18.9 Å². The Morgan fingerprint density at radius 2 is 1.94 bits per heavy atom. The first-order valence-electron chi connectivity index (χ1n) is 5.98. The summed E-state index contributed by atoms with van der Waals surface area (Å²) in [5.41, 5.74) is 2.59. The van der Waals surface area contributed by atoms with E-state index in [0.717, 1.165) is 23.5 Å². The highest BCUT2D eigenvalue weighted by Gasteiger charge is 2.17. The van der Waals surface area contributed by atoms with Crippen molar-refractivity contribution in [3.8, 4) is 0 Å². The molecule has 0 spiro atoms. The lowest BCUT2D eigenvalue weighted by Gasteiger charge is -2.11.